The van der Waals surface area contributed by atoms with Crippen molar-refractivity contribution in [3.63, 3.8) is 0 Å². The Balaban J connectivity index is 4.35. The first-order chi connectivity index (χ1) is 5.85. The van der Waals surface area contributed by atoms with Crippen molar-refractivity contribution < 1.29 is 12.7 Å². The normalized spacial score (nSPS) is 12.7. The van der Waals surface area contributed by atoms with E-state index in [1.165, 1.54) is 0 Å². The van der Waals surface area contributed by atoms with Crippen LogP contribution in [0, 0.1) is 11.3 Å². The number of rotatable bonds is 4. The fraction of sp³-hybridized carbons (Fsp3) is 0.667. The molecule has 0 aliphatic heterocycles. The fourth-order valence-electron chi connectivity index (χ4n) is 0.497. The molecule has 74 valence electrons. The van der Waals surface area contributed by atoms with Crippen LogP contribution in [0.15, 0.2) is 5.16 Å². The summed E-state index contributed by atoms with van der Waals surface area (Å²) in [5.74, 6) is 0. The number of nitriles is 1. The van der Waals surface area contributed by atoms with E-state index in [-0.39, 0.29) is 12.3 Å². The monoisotopic (exact) mass is 205 g/mol. The summed E-state index contributed by atoms with van der Waals surface area (Å²) in [6.07, 6.45) is 0.862. The van der Waals surface area contributed by atoms with E-state index in [2.05, 4.69) is 9.44 Å². The molecule has 0 aromatic heterocycles. The zero-order chi connectivity index (χ0) is 10.5. The average molecular weight is 205 g/mol. The second-order valence-corrected chi connectivity index (χ2v) is 4.22. The van der Waals surface area contributed by atoms with Gasteiger partial charge in [-0.25, -0.2) is 0 Å². The Bertz CT molecular complexity index is 326. The summed E-state index contributed by atoms with van der Waals surface area (Å²) in [6.45, 7) is 0.242. The third kappa shape index (κ3) is 7.24. The molecule has 13 heavy (non-hydrogen) atoms. The first-order valence-electron chi connectivity index (χ1n) is 3.35. The highest BCUT2D eigenvalue weighted by Gasteiger charge is 2.04. The van der Waals surface area contributed by atoms with Gasteiger partial charge >= 0.3 is 10.1 Å². The zero-order valence-corrected chi connectivity index (χ0v) is 8.50. The Morgan fingerprint density at radius 3 is 2.46 bits per heavy atom. The van der Waals surface area contributed by atoms with Gasteiger partial charge in [0.2, 0.25) is 0 Å². The minimum absolute atomic E-state index is 0.00965. The van der Waals surface area contributed by atoms with Crippen LogP contribution in [0.2, 0.25) is 0 Å². The molecule has 0 atom stereocenters. The van der Waals surface area contributed by atoms with E-state index in [1.54, 1.807) is 25.1 Å². The molecule has 0 saturated heterocycles. The van der Waals surface area contributed by atoms with E-state index in [0.29, 0.717) is 0 Å². The van der Waals surface area contributed by atoms with E-state index in [4.69, 9.17) is 5.26 Å². The molecule has 0 saturated carbocycles. The molecule has 0 aromatic rings. The van der Waals surface area contributed by atoms with Gasteiger partial charge < -0.3 is 4.90 Å². The highest BCUT2D eigenvalue weighted by Crippen LogP contribution is 1.90. The molecule has 0 fully saturated rings. The maximum absolute atomic E-state index is 10.5. The molecule has 6 nitrogen and oxygen atoms in total. The lowest BCUT2D eigenvalue weighted by atomic mass is 10.4. The van der Waals surface area contributed by atoms with Gasteiger partial charge in [0.25, 0.3) is 0 Å². The van der Waals surface area contributed by atoms with Crippen molar-refractivity contribution in [3.8, 4) is 6.07 Å². The van der Waals surface area contributed by atoms with E-state index in [9.17, 15) is 8.42 Å². The molecule has 0 N–H and O–H groups in total. The van der Waals surface area contributed by atoms with Crippen LogP contribution in [0.4, 0.5) is 0 Å². The van der Waals surface area contributed by atoms with Crippen LogP contribution in [0.3, 0.4) is 0 Å². The van der Waals surface area contributed by atoms with Crippen LogP contribution in [0.5, 0.6) is 0 Å². The van der Waals surface area contributed by atoms with Crippen LogP contribution in [0.25, 0.3) is 0 Å². The molecule has 7 heteroatoms. The smallest absolute Gasteiger partial charge is 0.303 e. The number of hydrogen-bond donors (Lipinski definition) is 0. The first-order valence-corrected chi connectivity index (χ1v) is 5.17. The predicted octanol–water partition coefficient (Wildman–Crippen LogP) is -0.596. The quantitative estimate of drug-likeness (QED) is 0.452. The fourth-order valence-corrected chi connectivity index (χ4v) is 0.722. The Labute approximate surface area is 77.5 Å². The molecule has 0 aromatic carbocycles. The Kier molecular flexibility index (Phi) is 4.37. The van der Waals surface area contributed by atoms with Crippen LogP contribution >= 0.6 is 0 Å². The second kappa shape index (κ2) is 4.79. The largest absolute Gasteiger partial charge is 0.325 e. The zero-order valence-electron chi connectivity index (χ0n) is 7.68. The summed E-state index contributed by atoms with van der Waals surface area (Å²) in [4.78, 5) is 1.67. The molecule has 0 unspecified atom stereocenters. The summed E-state index contributed by atoms with van der Waals surface area (Å²) in [6, 6.07) is 1.72. The molecule has 0 aliphatic carbocycles. The highest BCUT2D eigenvalue weighted by atomic mass is 32.2. The van der Waals surface area contributed by atoms with Crippen molar-refractivity contribution in [2.24, 2.45) is 5.16 Å². The van der Waals surface area contributed by atoms with E-state index in [1.807, 2.05) is 0 Å². The van der Waals surface area contributed by atoms with E-state index < -0.39 is 10.1 Å². The van der Waals surface area contributed by atoms with Gasteiger partial charge in [0, 0.05) is 0 Å². The summed E-state index contributed by atoms with van der Waals surface area (Å²) in [7, 11) is -0.163. The standard InChI is InChI=1S/C6H11N3O3S/c1-9(2)5-6(4-7)8-12-13(3,10)11/h5H2,1-3H3. The second-order valence-electron chi connectivity index (χ2n) is 2.67. The topological polar surface area (TPSA) is 82.8 Å². The molecular weight excluding hydrogens is 194 g/mol. The average Bonchev–Trinajstić information content (AvgIpc) is 1.95. The van der Waals surface area contributed by atoms with Crippen molar-refractivity contribution >= 4 is 15.8 Å². The van der Waals surface area contributed by atoms with Crippen LogP contribution in [-0.2, 0) is 14.4 Å². The summed E-state index contributed by atoms with van der Waals surface area (Å²) < 4.78 is 25.1. The Morgan fingerprint density at radius 2 is 2.15 bits per heavy atom. The molecule has 0 amide bonds. The number of nitrogens with zero attached hydrogens (tertiary/aromatic N) is 3. The third-order valence-electron chi connectivity index (χ3n) is 0.878. The van der Waals surface area contributed by atoms with Gasteiger partial charge in [-0.1, -0.05) is 5.16 Å². The number of oxime groups is 1. The number of hydrogen-bond acceptors (Lipinski definition) is 6. The van der Waals surface area contributed by atoms with Gasteiger partial charge in [-0.2, -0.15) is 13.7 Å². The van der Waals surface area contributed by atoms with Crippen molar-refractivity contribution in [1.29, 1.82) is 5.26 Å². The van der Waals surface area contributed by atoms with Gasteiger partial charge in [0.05, 0.1) is 12.8 Å². The minimum Gasteiger partial charge on any atom is -0.303 e. The Morgan fingerprint density at radius 1 is 1.62 bits per heavy atom. The molecule has 0 bridgehead atoms. The molecule has 0 spiro atoms. The highest BCUT2D eigenvalue weighted by molar-refractivity contribution is 7.85. The van der Waals surface area contributed by atoms with Crippen LogP contribution < -0.4 is 0 Å². The SMILES string of the molecule is CN(C)CC(C#N)=NOS(C)(=O)=O. The summed E-state index contributed by atoms with van der Waals surface area (Å²) >= 11 is 0. The predicted molar refractivity (Wildman–Crippen MR) is 47.5 cm³/mol. The van der Waals surface area contributed by atoms with Crippen molar-refractivity contribution in [2.45, 2.75) is 0 Å². The van der Waals surface area contributed by atoms with Gasteiger partial charge in [0.15, 0.2) is 5.71 Å². The van der Waals surface area contributed by atoms with Gasteiger partial charge in [-0.05, 0) is 14.1 Å². The van der Waals surface area contributed by atoms with Gasteiger partial charge in [-0.3, -0.25) is 4.28 Å². The van der Waals surface area contributed by atoms with Gasteiger partial charge in [-0.15, -0.1) is 0 Å². The lowest BCUT2D eigenvalue weighted by Gasteiger charge is -2.05. The lowest BCUT2D eigenvalue weighted by molar-refractivity contribution is 0.339. The summed E-state index contributed by atoms with van der Waals surface area (Å²) in [5, 5.41) is 11.7. The van der Waals surface area contributed by atoms with Gasteiger partial charge in [0.1, 0.15) is 6.07 Å². The first kappa shape index (κ1) is 11.9. The third-order valence-corrected chi connectivity index (χ3v) is 1.22. The van der Waals surface area contributed by atoms with Crippen molar-refractivity contribution in [2.75, 3.05) is 26.9 Å². The maximum Gasteiger partial charge on any atom is 0.325 e. The van der Waals surface area contributed by atoms with Crippen molar-refractivity contribution in [3.05, 3.63) is 0 Å². The maximum atomic E-state index is 10.5. The van der Waals surface area contributed by atoms with E-state index in [0.717, 1.165) is 6.26 Å². The Hall–Kier alpha value is -1.13. The molecule has 0 radical (unpaired) electrons. The summed E-state index contributed by atoms with van der Waals surface area (Å²) in [5.41, 5.74) is 0.00965. The van der Waals surface area contributed by atoms with Crippen LogP contribution in [-0.4, -0.2) is 45.9 Å². The minimum atomic E-state index is -3.62. The molecule has 0 rings (SSSR count). The lowest BCUT2D eigenvalue weighted by Crippen LogP contribution is -2.21. The molecule has 0 heterocycles. The molecule has 0 aliphatic rings. The van der Waals surface area contributed by atoms with E-state index >= 15 is 0 Å². The van der Waals surface area contributed by atoms with Crippen molar-refractivity contribution in [1.82, 2.24) is 4.90 Å². The van der Waals surface area contributed by atoms with Crippen LogP contribution in [0.1, 0.15) is 0 Å². The molecular formula is C6H11N3O3S.